The van der Waals surface area contributed by atoms with E-state index in [2.05, 4.69) is 10.6 Å². The van der Waals surface area contributed by atoms with E-state index in [4.69, 9.17) is 31.4 Å². The van der Waals surface area contributed by atoms with Crippen molar-refractivity contribution in [3.63, 3.8) is 0 Å². The number of anilines is 2. The molecule has 0 aliphatic rings. The van der Waals surface area contributed by atoms with E-state index in [0.717, 1.165) is 0 Å². The van der Waals surface area contributed by atoms with Crippen LogP contribution < -0.4 is 21.1 Å². The van der Waals surface area contributed by atoms with Crippen LogP contribution in [0.4, 0.5) is 11.4 Å². The molecular formula is C14H12N4O6. The summed E-state index contributed by atoms with van der Waals surface area (Å²) in [6, 6.07) is 7.73. The molecule has 0 atom stereocenters. The SMILES string of the molecule is Nc1ccc(C(=O)O)c(ON=NOc2cc(N)ccc2C(=O)O)c1. The molecule has 0 bridgehead atoms. The fourth-order valence-corrected chi connectivity index (χ4v) is 1.70. The quantitative estimate of drug-likeness (QED) is 0.353. The van der Waals surface area contributed by atoms with Gasteiger partial charge in [-0.1, -0.05) is 0 Å². The van der Waals surface area contributed by atoms with Gasteiger partial charge < -0.3 is 31.4 Å². The Bertz CT molecular complexity index is 753. The van der Waals surface area contributed by atoms with Crippen molar-refractivity contribution in [2.24, 2.45) is 10.6 Å². The van der Waals surface area contributed by atoms with Gasteiger partial charge in [0.15, 0.2) is 11.5 Å². The summed E-state index contributed by atoms with van der Waals surface area (Å²) < 4.78 is 0. The highest BCUT2D eigenvalue weighted by atomic mass is 16.7. The number of nitrogens with zero attached hydrogens (tertiary/aromatic N) is 2. The number of benzene rings is 2. The van der Waals surface area contributed by atoms with Gasteiger partial charge in [0.2, 0.25) is 0 Å². The van der Waals surface area contributed by atoms with E-state index in [-0.39, 0.29) is 34.0 Å². The normalized spacial score (nSPS) is 10.5. The number of hydrogen-bond acceptors (Lipinski definition) is 8. The van der Waals surface area contributed by atoms with Gasteiger partial charge in [0, 0.05) is 23.5 Å². The zero-order valence-corrected chi connectivity index (χ0v) is 12.0. The molecule has 0 amide bonds. The first-order valence-electron chi connectivity index (χ1n) is 6.38. The standard InChI is InChI=1S/C14H12N4O6/c15-7-1-3-9(13(19)20)11(5-7)23-17-18-24-12-6-8(16)2-4-10(12)14(21)22/h1-6H,15-16H2,(H,19,20)(H,21,22). The van der Waals surface area contributed by atoms with Crippen LogP contribution in [0.3, 0.4) is 0 Å². The minimum absolute atomic E-state index is 0.152. The molecule has 0 saturated heterocycles. The third-order valence-corrected chi connectivity index (χ3v) is 2.78. The summed E-state index contributed by atoms with van der Waals surface area (Å²) in [5.74, 6) is -2.79. The highest BCUT2D eigenvalue weighted by Gasteiger charge is 2.13. The van der Waals surface area contributed by atoms with E-state index >= 15 is 0 Å². The molecular weight excluding hydrogens is 320 g/mol. The second-order valence-corrected chi connectivity index (χ2v) is 4.47. The molecule has 0 fully saturated rings. The van der Waals surface area contributed by atoms with Crippen LogP contribution in [0.15, 0.2) is 47.0 Å². The van der Waals surface area contributed by atoms with Gasteiger partial charge in [-0.3, -0.25) is 0 Å². The number of nitrogen functional groups attached to an aromatic ring is 2. The van der Waals surface area contributed by atoms with Gasteiger partial charge in [-0.25, -0.2) is 9.59 Å². The van der Waals surface area contributed by atoms with Crippen LogP contribution in [0.25, 0.3) is 0 Å². The number of carboxylic acids is 2. The lowest BCUT2D eigenvalue weighted by Gasteiger charge is -2.04. The summed E-state index contributed by atoms with van der Waals surface area (Å²) in [6.45, 7) is 0. The molecule has 2 aromatic rings. The number of rotatable bonds is 6. The van der Waals surface area contributed by atoms with Crippen LogP contribution in [0.5, 0.6) is 11.5 Å². The van der Waals surface area contributed by atoms with Crippen LogP contribution >= 0.6 is 0 Å². The van der Waals surface area contributed by atoms with E-state index in [1.807, 2.05) is 0 Å². The molecule has 10 nitrogen and oxygen atoms in total. The van der Waals surface area contributed by atoms with Crippen molar-refractivity contribution in [2.75, 3.05) is 11.5 Å². The van der Waals surface area contributed by atoms with Gasteiger partial charge in [0.1, 0.15) is 11.1 Å². The Morgan fingerprint density at radius 1 is 0.792 bits per heavy atom. The average molecular weight is 332 g/mol. The Hall–Kier alpha value is -3.82. The largest absolute Gasteiger partial charge is 0.478 e. The Morgan fingerprint density at radius 3 is 1.50 bits per heavy atom. The summed E-state index contributed by atoms with van der Waals surface area (Å²) in [7, 11) is 0. The van der Waals surface area contributed by atoms with Crippen molar-refractivity contribution in [2.45, 2.75) is 0 Å². The lowest BCUT2D eigenvalue weighted by molar-refractivity contribution is 0.0676. The molecule has 0 heterocycles. The topological polar surface area (TPSA) is 170 Å². The van der Waals surface area contributed by atoms with Crippen LogP contribution in [0, 0.1) is 0 Å². The zero-order valence-electron chi connectivity index (χ0n) is 12.0. The Labute approximate surface area is 134 Å². The van der Waals surface area contributed by atoms with Crippen LogP contribution in [0.2, 0.25) is 0 Å². The molecule has 0 aliphatic carbocycles. The van der Waals surface area contributed by atoms with E-state index in [1.165, 1.54) is 36.4 Å². The Balaban J connectivity index is 2.14. The van der Waals surface area contributed by atoms with Gasteiger partial charge in [-0.15, -0.1) is 0 Å². The summed E-state index contributed by atoms with van der Waals surface area (Å²) in [6.07, 6.45) is 0. The van der Waals surface area contributed by atoms with Crippen molar-refractivity contribution < 1.29 is 29.5 Å². The molecule has 124 valence electrons. The van der Waals surface area contributed by atoms with E-state index < -0.39 is 11.9 Å². The summed E-state index contributed by atoms with van der Waals surface area (Å²) >= 11 is 0. The Morgan fingerprint density at radius 2 is 1.17 bits per heavy atom. The van der Waals surface area contributed by atoms with Crippen LogP contribution in [-0.4, -0.2) is 22.2 Å². The van der Waals surface area contributed by atoms with Gasteiger partial charge in [-0.05, 0) is 24.3 Å². The van der Waals surface area contributed by atoms with E-state index in [1.54, 1.807) is 0 Å². The maximum absolute atomic E-state index is 11.0. The fourth-order valence-electron chi connectivity index (χ4n) is 1.70. The third-order valence-electron chi connectivity index (χ3n) is 2.78. The van der Waals surface area contributed by atoms with Gasteiger partial charge >= 0.3 is 11.9 Å². The molecule has 2 rings (SSSR count). The van der Waals surface area contributed by atoms with Crippen molar-refractivity contribution in [1.82, 2.24) is 0 Å². The average Bonchev–Trinajstić information content (AvgIpc) is 2.51. The van der Waals surface area contributed by atoms with Crippen molar-refractivity contribution >= 4 is 23.3 Å². The number of carbonyl (C=O) groups is 2. The summed E-state index contributed by atoms with van der Waals surface area (Å²) in [5.41, 5.74) is 11.2. The molecule has 0 spiro atoms. The highest BCUT2D eigenvalue weighted by Crippen LogP contribution is 2.24. The molecule has 24 heavy (non-hydrogen) atoms. The van der Waals surface area contributed by atoms with Gasteiger partial charge in [0.05, 0.1) is 10.6 Å². The lowest BCUT2D eigenvalue weighted by atomic mass is 10.2. The number of hydrogen-bond donors (Lipinski definition) is 4. The molecule has 0 saturated carbocycles. The van der Waals surface area contributed by atoms with Crippen molar-refractivity contribution in [3.05, 3.63) is 47.5 Å². The van der Waals surface area contributed by atoms with Crippen molar-refractivity contribution in [1.29, 1.82) is 0 Å². The first kappa shape index (κ1) is 16.5. The van der Waals surface area contributed by atoms with Crippen LogP contribution in [-0.2, 0) is 0 Å². The predicted octanol–water partition coefficient (Wildman–Crippen LogP) is 1.99. The first-order chi connectivity index (χ1) is 11.4. The minimum Gasteiger partial charge on any atom is -0.478 e. The van der Waals surface area contributed by atoms with Gasteiger partial charge in [0.25, 0.3) is 0 Å². The molecule has 0 radical (unpaired) electrons. The third kappa shape index (κ3) is 3.88. The molecule has 0 unspecified atom stereocenters. The maximum Gasteiger partial charge on any atom is 0.339 e. The smallest absolute Gasteiger partial charge is 0.339 e. The molecule has 6 N–H and O–H groups in total. The van der Waals surface area contributed by atoms with Gasteiger partial charge in [-0.2, -0.15) is 0 Å². The number of nitrogens with two attached hydrogens (primary N) is 2. The molecule has 2 aromatic carbocycles. The zero-order chi connectivity index (χ0) is 17.7. The molecule has 0 aromatic heterocycles. The highest BCUT2D eigenvalue weighted by molar-refractivity contribution is 5.92. The monoisotopic (exact) mass is 332 g/mol. The first-order valence-corrected chi connectivity index (χ1v) is 6.38. The fraction of sp³-hybridized carbons (Fsp3) is 0. The molecule has 10 heteroatoms. The second-order valence-electron chi connectivity index (χ2n) is 4.47. The number of aromatic carboxylic acids is 2. The molecule has 0 aliphatic heterocycles. The van der Waals surface area contributed by atoms with Crippen LogP contribution in [0.1, 0.15) is 20.7 Å². The second kappa shape index (κ2) is 6.96. The maximum atomic E-state index is 11.0. The minimum atomic E-state index is -1.25. The lowest BCUT2D eigenvalue weighted by Crippen LogP contribution is -2.02. The predicted molar refractivity (Wildman–Crippen MR) is 81.7 cm³/mol. The number of carboxylic acid groups (broad SMARTS) is 2. The summed E-state index contributed by atoms with van der Waals surface area (Å²) in [5, 5.41) is 24.4. The Kier molecular flexibility index (Phi) is 4.80. The van der Waals surface area contributed by atoms with E-state index in [0.29, 0.717) is 0 Å². The summed E-state index contributed by atoms with van der Waals surface area (Å²) in [4.78, 5) is 31.7. The van der Waals surface area contributed by atoms with Crippen molar-refractivity contribution in [3.8, 4) is 11.5 Å². The van der Waals surface area contributed by atoms with E-state index in [9.17, 15) is 9.59 Å².